The Kier molecular flexibility index (Phi) is 4.77. The van der Waals surface area contributed by atoms with Crippen LogP contribution in [0.3, 0.4) is 0 Å². The molecule has 0 aliphatic rings. The van der Waals surface area contributed by atoms with Crippen molar-refractivity contribution < 1.29 is 14.8 Å². The van der Waals surface area contributed by atoms with Gasteiger partial charge in [-0.25, -0.2) is 0 Å². The lowest BCUT2D eigenvalue weighted by atomic mass is 10.1. The maximum atomic E-state index is 11.0. The second kappa shape index (κ2) is 6.56. The Morgan fingerprint density at radius 1 is 1.29 bits per heavy atom. The lowest BCUT2D eigenvalue weighted by Crippen LogP contribution is -2.01. The van der Waals surface area contributed by atoms with Gasteiger partial charge in [0, 0.05) is 11.1 Å². The number of aliphatic hydroxyl groups is 1. The molecule has 0 spiro atoms. The van der Waals surface area contributed by atoms with Crippen LogP contribution >= 0.6 is 11.6 Å². The Morgan fingerprint density at radius 2 is 1.95 bits per heavy atom. The standard InChI is InChI=1S/C15H14ClNO4/c1-10(18)11-3-6-14(7-4-11)21-9-12-2-5-13(16)8-15(12)17(19)20/h2-8,10,18H,9H2,1H3/t10-/m0/s1. The summed E-state index contributed by atoms with van der Waals surface area (Å²) in [6.07, 6.45) is -0.545. The predicted molar refractivity (Wildman–Crippen MR) is 79.5 cm³/mol. The molecule has 110 valence electrons. The van der Waals surface area contributed by atoms with Crippen LogP contribution in [-0.2, 0) is 6.61 Å². The zero-order valence-corrected chi connectivity index (χ0v) is 12.1. The predicted octanol–water partition coefficient (Wildman–Crippen LogP) is 3.88. The summed E-state index contributed by atoms with van der Waals surface area (Å²) in [7, 11) is 0. The molecular formula is C15H14ClNO4. The molecule has 1 N–H and O–H groups in total. The largest absolute Gasteiger partial charge is 0.489 e. The van der Waals surface area contributed by atoms with Crippen LogP contribution in [0.2, 0.25) is 5.02 Å². The van der Waals surface area contributed by atoms with Gasteiger partial charge >= 0.3 is 0 Å². The lowest BCUT2D eigenvalue weighted by Gasteiger charge is -2.09. The number of nitrogens with zero attached hydrogens (tertiary/aromatic N) is 1. The number of rotatable bonds is 5. The van der Waals surface area contributed by atoms with E-state index in [1.165, 1.54) is 6.07 Å². The molecule has 0 fully saturated rings. The smallest absolute Gasteiger partial charge is 0.277 e. The summed E-state index contributed by atoms with van der Waals surface area (Å²) in [5, 5.41) is 20.7. The van der Waals surface area contributed by atoms with Crippen molar-refractivity contribution in [1.29, 1.82) is 0 Å². The molecule has 0 saturated carbocycles. The van der Waals surface area contributed by atoms with Gasteiger partial charge in [-0.1, -0.05) is 23.7 Å². The zero-order chi connectivity index (χ0) is 15.4. The molecule has 2 rings (SSSR count). The number of ether oxygens (including phenoxy) is 1. The molecule has 0 bridgehead atoms. The Hall–Kier alpha value is -2.11. The molecular weight excluding hydrogens is 294 g/mol. The molecule has 0 aliphatic carbocycles. The van der Waals surface area contributed by atoms with E-state index in [2.05, 4.69) is 0 Å². The van der Waals surface area contributed by atoms with Gasteiger partial charge in [-0.15, -0.1) is 0 Å². The third kappa shape index (κ3) is 3.93. The highest BCUT2D eigenvalue weighted by Gasteiger charge is 2.14. The molecule has 0 heterocycles. The van der Waals surface area contributed by atoms with Gasteiger partial charge in [-0.2, -0.15) is 0 Å². The minimum Gasteiger partial charge on any atom is -0.489 e. The van der Waals surface area contributed by atoms with E-state index in [-0.39, 0.29) is 12.3 Å². The van der Waals surface area contributed by atoms with Crippen LogP contribution in [0.1, 0.15) is 24.2 Å². The van der Waals surface area contributed by atoms with Gasteiger partial charge in [0.1, 0.15) is 12.4 Å². The van der Waals surface area contributed by atoms with E-state index in [4.69, 9.17) is 16.3 Å². The Bertz CT molecular complexity index is 641. The van der Waals surface area contributed by atoms with E-state index in [0.29, 0.717) is 16.3 Å². The van der Waals surface area contributed by atoms with Crippen LogP contribution in [0, 0.1) is 10.1 Å². The molecule has 0 radical (unpaired) electrons. The third-order valence-corrected chi connectivity index (χ3v) is 3.24. The normalized spacial score (nSPS) is 12.0. The van der Waals surface area contributed by atoms with Gasteiger partial charge in [0.2, 0.25) is 0 Å². The highest BCUT2D eigenvalue weighted by atomic mass is 35.5. The number of aliphatic hydroxyl groups excluding tert-OH is 1. The molecule has 6 heteroatoms. The zero-order valence-electron chi connectivity index (χ0n) is 11.3. The van der Waals surface area contributed by atoms with Crippen LogP contribution < -0.4 is 4.74 Å². The van der Waals surface area contributed by atoms with E-state index < -0.39 is 11.0 Å². The summed E-state index contributed by atoms with van der Waals surface area (Å²) < 4.78 is 5.53. The van der Waals surface area contributed by atoms with Crippen molar-refractivity contribution in [3.8, 4) is 5.75 Å². The van der Waals surface area contributed by atoms with E-state index in [9.17, 15) is 15.2 Å². The van der Waals surface area contributed by atoms with Gasteiger partial charge in [-0.3, -0.25) is 10.1 Å². The molecule has 0 saturated heterocycles. The van der Waals surface area contributed by atoms with Crippen molar-refractivity contribution >= 4 is 17.3 Å². The van der Waals surface area contributed by atoms with Gasteiger partial charge in [0.05, 0.1) is 16.6 Å². The van der Waals surface area contributed by atoms with E-state index >= 15 is 0 Å². The van der Waals surface area contributed by atoms with Crippen molar-refractivity contribution in [3.63, 3.8) is 0 Å². The monoisotopic (exact) mass is 307 g/mol. The fourth-order valence-electron chi connectivity index (χ4n) is 1.83. The van der Waals surface area contributed by atoms with Crippen molar-refractivity contribution in [2.45, 2.75) is 19.6 Å². The van der Waals surface area contributed by atoms with E-state index in [0.717, 1.165) is 5.56 Å². The van der Waals surface area contributed by atoms with E-state index in [1.54, 1.807) is 43.3 Å². The fourth-order valence-corrected chi connectivity index (χ4v) is 2.00. The maximum Gasteiger partial charge on any atom is 0.277 e. The first-order valence-electron chi connectivity index (χ1n) is 6.31. The summed E-state index contributed by atoms with van der Waals surface area (Å²) in [4.78, 5) is 10.5. The molecule has 2 aromatic carbocycles. The molecule has 21 heavy (non-hydrogen) atoms. The molecule has 0 aromatic heterocycles. The average molecular weight is 308 g/mol. The van der Waals surface area contributed by atoms with Crippen LogP contribution in [0.25, 0.3) is 0 Å². The quantitative estimate of drug-likeness (QED) is 0.672. The van der Waals surface area contributed by atoms with Crippen LogP contribution in [-0.4, -0.2) is 10.0 Å². The van der Waals surface area contributed by atoms with Crippen molar-refractivity contribution in [3.05, 3.63) is 68.7 Å². The first-order chi connectivity index (χ1) is 9.97. The summed E-state index contributed by atoms with van der Waals surface area (Å²) in [6.45, 7) is 1.74. The minimum atomic E-state index is -0.545. The molecule has 2 aromatic rings. The van der Waals surface area contributed by atoms with Gasteiger partial charge in [-0.05, 0) is 36.8 Å². The molecule has 0 aliphatic heterocycles. The highest BCUT2D eigenvalue weighted by Crippen LogP contribution is 2.25. The Morgan fingerprint density at radius 3 is 2.52 bits per heavy atom. The molecule has 1 atom stereocenters. The van der Waals surface area contributed by atoms with E-state index in [1.807, 2.05) is 0 Å². The lowest BCUT2D eigenvalue weighted by molar-refractivity contribution is -0.385. The fraction of sp³-hybridized carbons (Fsp3) is 0.200. The van der Waals surface area contributed by atoms with Crippen LogP contribution in [0.15, 0.2) is 42.5 Å². The molecule has 5 nitrogen and oxygen atoms in total. The summed E-state index contributed by atoms with van der Waals surface area (Å²) >= 11 is 5.76. The van der Waals surface area contributed by atoms with Gasteiger partial charge in [0.15, 0.2) is 0 Å². The van der Waals surface area contributed by atoms with Crippen molar-refractivity contribution in [1.82, 2.24) is 0 Å². The number of hydrogen-bond donors (Lipinski definition) is 1. The number of nitro groups is 1. The average Bonchev–Trinajstić information content (AvgIpc) is 2.46. The SMILES string of the molecule is C[C@H](O)c1ccc(OCc2ccc(Cl)cc2[N+](=O)[O-])cc1. The minimum absolute atomic E-state index is 0.0666. The van der Waals surface area contributed by atoms with Gasteiger partial charge in [0.25, 0.3) is 5.69 Å². The van der Waals surface area contributed by atoms with Crippen LogP contribution in [0.4, 0.5) is 5.69 Å². The van der Waals surface area contributed by atoms with Gasteiger partial charge < -0.3 is 9.84 Å². The highest BCUT2D eigenvalue weighted by molar-refractivity contribution is 6.30. The summed E-state index contributed by atoms with van der Waals surface area (Å²) in [6, 6.07) is 11.4. The topological polar surface area (TPSA) is 72.6 Å². The Balaban J connectivity index is 2.11. The van der Waals surface area contributed by atoms with Crippen molar-refractivity contribution in [2.24, 2.45) is 0 Å². The number of halogens is 1. The molecule has 0 unspecified atom stereocenters. The second-order valence-corrected chi connectivity index (χ2v) is 5.00. The van der Waals surface area contributed by atoms with Crippen molar-refractivity contribution in [2.75, 3.05) is 0 Å². The maximum absolute atomic E-state index is 11.0. The molecule has 0 amide bonds. The summed E-state index contributed by atoms with van der Waals surface area (Å²) in [5.41, 5.74) is 1.16. The van der Waals surface area contributed by atoms with Crippen LogP contribution in [0.5, 0.6) is 5.75 Å². The number of benzene rings is 2. The number of nitro benzene ring substituents is 1. The Labute approximate surface area is 126 Å². The number of hydrogen-bond acceptors (Lipinski definition) is 4. The first kappa shape index (κ1) is 15.3. The first-order valence-corrected chi connectivity index (χ1v) is 6.69. The third-order valence-electron chi connectivity index (χ3n) is 3.00. The second-order valence-electron chi connectivity index (χ2n) is 4.56. The summed E-state index contributed by atoms with van der Waals surface area (Å²) in [5.74, 6) is 0.573.